The van der Waals surface area contributed by atoms with Crippen molar-refractivity contribution in [2.24, 2.45) is 0 Å². The standard InChI is InChI=1S/C14H15NO7/c1-2-14(18)22-9-10-8-11(5-6-12(10)15(19)20)21-7-3-4-13(16)17/h2,5-6,8H,1,3-4,7,9H2,(H,16,17). The van der Waals surface area contributed by atoms with Gasteiger partial charge in [-0.15, -0.1) is 0 Å². The summed E-state index contributed by atoms with van der Waals surface area (Å²) in [5.74, 6) is -1.29. The van der Waals surface area contributed by atoms with Gasteiger partial charge in [-0.3, -0.25) is 14.9 Å². The van der Waals surface area contributed by atoms with Crippen LogP contribution in [0.1, 0.15) is 18.4 Å². The number of carbonyl (C=O) groups is 2. The van der Waals surface area contributed by atoms with E-state index in [2.05, 4.69) is 6.58 Å². The molecular formula is C14H15NO7. The average molecular weight is 309 g/mol. The lowest BCUT2D eigenvalue weighted by Gasteiger charge is -2.08. The second kappa shape index (κ2) is 8.40. The number of carbonyl (C=O) groups excluding carboxylic acids is 1. The van der Waals surface area contributed by atoms with Crippen LogP contribution in [0.3, 0.4) is 0 Å². The lowest BCUT2D eigenvalue weighted by molar-refractivity contribution is -0.385. The largest absolute Gasteiger partial charge is 0.494 e. The molecule has 0 heterocycles. The van der Waals surface area contributed by atoms with Crippen LogP contribution in [0.25, 0.3) is 0 Å². The van der Waals surface area contributed by atoms with E-state index in [0.717, 1.165) is 6.08 Å². The zero-order valence-corrected chi connectivity index (χ0v) is 11.7. The molecule has 8 nitrogen and oxygen atoms in total. The van der Waals surface area contributed by atoms with Crippen LogP contribution >= 0.6 is 0 Å². The molecule has 0 bridgehead atoms. The first-order valence-corrected chi connectivity index (χ1v) is 6.35. The van der Waals surface area contributed by atoms with Gasteiger partial charge in [-0.2, -0.15) is 0 Å². The molecule has 0 aliphatic carbocycles. The van der Waals surface area contributed by atoms with Gasteiger partial charge in [0.15, 0.2) is 0 Å². The predicted octanol–water partition coefficient (Wildman–Crippen LogP) is 2.07. The molecule has 0 saturated carbocycles. The van der Waals surface area contributed by atoms with E-state index >= 15 is 0 Å². The SMILES string of the molecule is C=CC(=O)OCc1cc(OCCCC(=O)O)ccc1[N+](=O)[O-]. The number of esters is 1. The highest BCUT2D eigenvalue weighted by atomic mass is 16.6. The number of carboxylic acid groups (broad SMARTS) is 1. The molecule has 0 spiro atoms. The van der Waals surface area contributed by atoms with Gasteiger partial charge < -0.3 is 14.6 Å². The summed E-state index contributed by atoms with van der Waals surface area (Å²) in [6.45, 7) is 3.11. The number of nitro benzene ring substituents is 1. The summed E-state index contributed by atoms with van der Waals surface area (Å²) < 4.78 is 10.1. The number of ether oxygens (including phenoxy) is 2. The molecule has 1 N–H and O–H groups in total. The molecule has 0 aliphatic heterocycles. The predicted molar refractivity (Wildman–Crippen MR) is 75.5 cm³/mol. The van der Waals surface area contributed by atoms with Crippen molar-refractivity contribution in [3.63, 3.8) is 0 Å². The van der Waals surface area contributed by atoms with E-state index in [0.29, 0.717) is 12.2 Å². The van der Waals surface area contributed by atoms with Crippen molar-refractivity contribution in [3.05, 3.63) is 46.5 Å². The Labute approximate surface area is 126 Å². The number of rotatable bonds is 9. The molecule has 118 valence electrons. The summed E-state index contributed by atoms with van der Waals surface area (Å²) in [6, 6.07) is 4.02. The summed E-state index contributed by atoms with van der Waals surface area (Å²) in [5.41, 5.74) is -0.0225. The normalized spacial score (nSPS) is 9.82. The second-order valence-corrected chi connectivity index (χ2v) is 4.21. The van der Waals surface area contributed by atoms with Crippen LogP contribution in [0.15, 0.2) is 30.9 Å². The number of nitro groups is 1. The quantitative estimate of drug-likeness (QED) is 0.244. The Hall–Kier alpha value is -2.90. The van der Waals surface area contributed by atoms with E-state index in [1.165, 1.54) is 18.2 Å². The number of hydrogen-bond acceptors (Lipinski definition) is 6. The Morgan fingerprint density at radius 1 is 1.41 bits per heavy atom. The third-order valence-electron chi connectivity index (χ3n) is 2.59. The summed E-state index contributed by atoms with van der Waals surface area (Å²) in [5, 5.41) is 19.4. The van der Waals surface area contributed by atoms with Gasteiger partial charge in [-0.05, 0) is 18.6 Å². The molecule has 0 unspecified atom stereocenters. The molecule has 1 aromatic rings. The first kappa shape index (κ1) is 17.2. The zero-order chi connectivity index (χ0) is 16.5. The monoisotopic (exact) mass is 309 g/mol. The highest BCUT2D eigenvalue weighted by Gasteiger charge is 2.16. The molecule has 0 fully saturated rings. The number of nitrogens with zero attached hydrogens (tertiary/aromatic N) is 1. The van der Waals surface area contributed by atoms with E-state index in [9.17, 15) is 19.7 Å². The number of hydrogen-bond donors (Lipinski definition) is 1. The summed E-state index contributed by atoms with van der Waals surface area (Å²) in [7, 11) is 0. The number of benzene rings is 1. The van der Waals surface area contributed by atoms with Crippen LogP contribution in [0.4, 0.5) is 5.69 Å². The maximum Gasteiger partial charge on any atom is 0.330 e. The highest BCUT2D eigenvalue weighted by Crippen LogP contribution is 2.25. The molecule has 8 heteroatoms. The molecule has 0 radical (unpaired) electrons. The van der Waals surface area contributed by atoms with Gasteiger partial charge in [-0.25, -0.2) is 4.79 Å². The molecular weight excluding hydrogens is 294 g/mol. The first-order chi connectivity index (χ1) is 10.4. The minimum atomic E-state index is -0.927. The average Bonchev–Trinajstić information content (AvgIpc) is 2.48. The lowest BCUT2D eigenvalue weighted by Crippen LogP contribution is -2.05. The Morgan fingerprint density at radius 3 is 2.73 bits per heavy atom. The lowest BCUT2D eigenvalue weighted by atomic mass is 10.2. The molecule has 22 heavy (non-hydrogen) atoms. The molecule has 1 rings (SSSR count). The van der Waals surface area contributed by atoms with Crippen LogP contribution in [0, 0.1) is 10.1 Å². The van der Waals surface area contributed by atoms with E-state index in [1.54, 1.807) is 0 Å². The van der Waals surface area contributed by atoms with Gasteiger partial charge in [0.25, 0.3) is 5.69 Å². The zero-order valence-electron chi connectivity index (χ0n) is 11.7. The maximum absolute atomic E-state index is 11.0. The van der Waals surface area contributed by atoms with E-state index in [1.807, 2.05) is 0 Å². The van der Waals surface area contributed by atoms with Crippen molar-refractivity contribution in [2.75, 3.05) is 6.61 Å². The van der Waals surface area contributed by atoms with Gasteiger partial charge >= 0.3 is 11.9 Å². The van der Waals surface area contributed by atoms with Crippen LogP contribution in [-0.2, 0) is 20.9 Å². The van der Waals surface area contributed by atoms with Gasteiger partial charge in [-0.1, -0.05) is 6.58 Å². The van der Waals surface area contributed by atoms with Gasteiger partial charge in [0.2, 0.25) is 0 Å². The van der Waals surface area contributed by atoms with Crippen LogP contribution in [0.5, 0.6) is 5.75 Å². The Bertz CT molecular complexity index is 583. The van der Waals surface area contributed by atoms with Crippen LogP contribution < -0.4 is 4.74 Å². The van der Waals surface area contributed by atoms with Gasteiger partial charge in [0, 0.05) is 18.6 Å². The maximum atomic E-state index is 11.0. The van der Waals surface area contributed by atoms with Crippen molar-refractivity contribution in [1.29, 1.82) is 0 Å². The molecule has 0 aromatic heterocycles. The summed E-state index contributed by atoms with van der Waals surface area (Å²) in [4.78, 5) is 31.7. The Kier molecular flexibility index (Phi) is 6.55. The fourth-order valence-electron chi connectivity index (χ4n) is 1.57. The molecule has 0 amide bonds. The second-order valence-electron chi connectivity index (χ2n) is 4.21. The third-order valence-corrected chi connectivity index (χ3v) is 2.59. The molecule has 0 aliphatic rings. The fraction of sp³-hybridized carbons (Fsp3) is 0.286. The minimum Gasteiger partial charge on any atom is -0.494 e. The first-order valence-electron chi connectivity index (χ1n) is 6.35. The Morgan fingerprint density at radius 2 is 2.14 bits per heavy atom. The van der Waals surface area contributed by atoms with Crippen molar-refractivity contribution in [2.45, 2.75) is 19.4 Å². The van der Waals surface area contributed by atoms with Crippen molar-refractivity contribution >= 4 is 17.6 Å². The van der Waals surface area contributed by atoms with E-state index in [-0.39, 0.29) is 30.9 Å². The van der Waals surface area contributed by atoms with Crippen LogP contribution in [0.2, 0.25) is 0 Å². The van der Waals surface area contributed by atoms with Crippen LogP contribution in [-0.4, -0.2) is 28.6 Å². The molecule has 1 aromatic carbocycles. The minimum absolute atomic E-state index is 0.0310. The van der Waals surface area contributed by atoms with E-state index in [4.69, 9.17) is 14.6 Å². The summed E-state index contributed by atoms with van der Waals surface area (Å²) in [6.07, 6.45) is 1.24. The fourth-order valence-corrected chi connectivity index (χ4v) is 1.57. The topological polar surface area (TPSA) is 116 Å². The number of carboxylic acids is 1. The Balaban J connectivity index is 2.75. The smallest absolute Gasteiger partial charge is 0.330 e. The molecule has 0 atom stereocenters. The highest BCUT2D eigenvalue weighted by molar-refractivity contribution is 5.81. The molecule has 0 saturated heterocycles. The number of aliphatic carboxylic acids is 1. The van der Waals surface area contributed by atoms with Crippen molar-refractivity contribution in [3.8, 4) is 5.75 Å². The summed E-state index contributed by atoms with van der Waals surface area (Å²) >= 11 is 0. The van der Waals surface area contributed by atoms with E-state index < -0.39 is 16.9 Å². The van der Waals surface area contributed by atoms with Crippen molar-refractivity contribution < 1.29 is 29.1 Å². The third kappa shape index (κ3) is 5.61. The van der Waals surface area contributed by atoms with Gasteiger partial charge in [0.05, 0.1) is 17.1 Å². The van der Waals surface area contributed by atoms with Gasteiger partial charge in [0.1, 0.15) is 12.4 Å². The van der Waals surface area contributed by atoms with Crippen molar-refractivity contribution in [1.82, 2.24) is 0 Å².